The van der Waals surface area contributed by atoms with Gasteiger partial charge in [0.15, 0.2) is 0 Å². The molecule has 2 heterocycles. The number of hydrogen-bond acceptors (Lipinski definition) is 7. The summed E-state index contributed by atoms with van der Waals surface area (Å²) in [7, 11) is 0. The van der Waals surface area contributed by atoms with Gasteiger partial charge < -0.3 is 18.9 Å². The topological polar surface area (TPSA) is 71.1 Å². The van der Waals surface area contributed by atoms with E-state index < -0.39 is 0 Å². The number of rotatable bonds is 16. The molecule has 2 aromatic rings. The van der Waals surface area contributed by atoms with Crippen molar-refractivity contribution >= 4 is 23.7 Å². The van der Waals surface area contributed by atoms with Crippen molar-refractivity contribution in [3.8, 4) is 0 Å². The van der Waals surface area contributed by atoms with Crippen LogP contribution in [0.15, 0.2) is 60.7 Å². The average molecular weight is 583 g/mol. The molecule has 2 saturated heterocycles. The van der Waals surface area contributed by atoms with E-state index in [1.165, 1.54) is 0 Å². The molecule has 0 amide bonds. The van der Waals surface area contributed by atoms with Crippen LogP contribution < -0.4 is 0 Å². The number of ether oxygens (including phenoxy) is 4. The fraction of sp³-hybridized carbons (Fsp3) is 0.588. The Morgan fingerprint density at radius 1 is 0.732 bits per heavy atom. The van der Waals surface area contributed by atoms with Gasteiger partial charge in [0, 0.05) is 25.0 Å². The highest BCUT2D eigenvalue weighted by molar-refractivity contribution is 7.99. The zero-order valence-electron chi connectivity index (χ0n) is 24.6. The van der Waals surface area contributed by atoms with E-state index in [-0.39, 0.29) is 36.0 Å². The third-order valence-corrected chi connectivity index (χ3v) is 9.69. The van der Waals surface area contributed by atoms with Crippen LogP contribution in [0.2, 0.25) is 0 Å². The maximum Gasteiger partial charge on any atom is 0.338 e. The molecule has 0 saturated carbocycles. The lowest BCUT2D eigenvalue weighted by Crippen LogP contribution is -2.29. The van der Waals surface area contributed by atoms with Crippen molar-refractivity contribution in [2.24, 2.45) is 11.8 Å². The van der Waals surface area contributed by atoms with Crippen molar-refractivity contribution in [2.45, 2.75) is 89.6 Å². The zero-order chi connectivity index (χ0) is 28.9. The largest absolute Gasteiger partial charge is 0.459 e. The van der Waals surface area contributed by atoms with Crippen molar-refractivity contribution in [1.29, 1.82) is 0 Å². The first-order chi connectivity index (χ1) is 20.0. The second kappa shape index (κ2) is 16.9. The molecule has 0 aliphatic carbocycles. The molecule has 4 rings (SSSR count). The van der Waals surface area contributed by atoms with Crippen LogP contribution in [0, 0.1) is 11.8 Å². The summed E-state index contributed by atoms with van der Waals surface area (Å²) < 4.78 is 23.7. The molecule has 2 aliphatic heterocycles. The van der Waals surface area contributed by atoms with Crippen molar-refractivity contribution in [3.05, 3.63) is 71.8 Å². The number of carbonyl (C=O) groups excluding carboxylic acids is 2. The standard InChI is InChI=1S/C34H46O6S/c1-25(39-33(35)27-11-5-3-6-12-27)29(17-19-31-15-9-21-37-31)23-41-24-30(18-20-32-16-10-22-38-32)26(2)40-34(36)28-13-7-4-8-14-28/h3-8,11-14,25-26,29-32H,9-10,15-24H2,1-2H3. The number of carbonyl (C=O) groups is 2. The fourth-order valence-corrected chi connectivity index (χ4v) is 7.25. The lowest BCUT2D eigenvalue weighted by molar-refractivity contribution is 0.0184. The van der Waals surface area contributed by atoms with Crippen LogP contribution in [-0.2, 0) is 18.9 Å². The van der Waals surface area contributed by atoms with E-state index in [1.807, 2.05) is 62.0 Å². The Labute approximate surface area is 249 Å². The molecule has 41 heavy (non-hydrogen) atoms. The normalized spacial score (nSPS) is 21.6. The Balaban J connectivity index is 1.35. The molecule has 224 valence electrons. The predicted octanol–water partition coefficient (Wildman–Crippen LogP) is 7.36. The molecule has 6 nitrogen and oxygen atoms in total. The second-order valence-electron chi connectivity index (χ2n) is 11.4. The molecule has 7 heteroatoms. The van der Waals surface area contributed by atoms with Gasteiger partial charge in [-0.05, 0) is 101 Å². The summed E-state index contributed by atoms with van der Waals surface area (Å²) in [5.41, 5.74) is 1.15. The summed E-state index contributed by atoms with van der Waals surface area (Å²) in [6.45, 7) is 5.71. The van der Waals surface area contributed by atoms with Crippen molar-refractivity contribution in [1.82, 2.24) is 0 Å². The number of thioether (sulfide) groups is 1. The second-order valence-corrected chi connectivity index (χ2v) is 12.5. The fourth-order valence-electron chi connectivity index (χ4n) is 5.64. The van der Waals surface area contributed by atoms with Gasteiger partial charge in [0.25, 0.3) is 0 Å². The maximum atomic E-state index is 12.8. The van der Waals surface area contributed by atoms with E-state index in [2.05, 4.69) is 0 Å². The van der Waals surface area contributed by atoms with E-state index in [0.717, 1.165) is 76.1 Å². The Hall–Kier alpha value is -2.35. The smallest absolute Gasteiger partial charge is 0.338 e. The first-order valence-corrected chi connectivity index (χ1v) is 16.5. The molecule has 0 spiro atoms. The lowest BCUT2D eigenvalue weighted by Gasteiger charge is -2.28. The number of esters is 2. The maximum absolute atomic E-state index is 12.8. The van der Waals surface area contributed by atoms with E-state index >= 15 is 0 Å². The van der Waals surface area contributed by atoms with Gasteiger partial charge in [-0.15, -0.1) is 0 Å². The Bertz CT molecular complexity index is 952. The highest BCUT2D eigenvalue weighted by Crippen LogP contribution is 2.30. The molecular formula is C34H46O6S. The van der Waals surface area contributed by atoms with Crippen LogP contribution in [0.3, 0.4) is 0 Å². The molecule has 0 radical (unpaired) electrons. The number of hydrogen-bond donors (Lipinski definition) is 0. The van der Waals surface area contributed by atoms with E-state index in [4.69, 9.17) is 18.9 Å². The molecule has 2 aliphatic rings. The summed E-state index contributed by atoms with van der Waals surface area (Å²) in [5, 5.41) is 0. The SMILES string of the molecule is CC(OC(=O)c1ccccc1)C(CCC1CCCO1)CSCC(CCC1CCCO1)C(C)OC(=O)c1ccccc1. The highest BCUT2D eigenvalue weighted by Gasteiger charge is 2.28. The van der Waals surface area contributed by atoms with Gasteiger partial charge in [0.1, 0.15) is 12.2 Å². The molecular weight excluding hydrogens is 536 g/mol. The average Bonchev–Trinajstić information content (AvgIpc) is 3.72. The van der Waals surface area contributed by atoms with Gasteiger partial charge >= 0.3 is 11.9 Å². The summed E-state index contributed by atoms with van der Waals surface area (Å²) in [6, 6.07) is 18.4. The van der Waals surface area contributed by atoms with Gasteiger partial charge in [-0.1, -0.05) is 36.4 Å². The molecule has 0 N–H and O–H groups in total. The molecule has 2 aromatic carbocycles. The Morgan fingerprint density at radius 3 is 1.51 bits per heavy atom. The third kappa shape index (κ3) is 10.5. The van der Waals surface area contributed by atoms with Gasteiger partial charge in [0.2, 0.25) is 0 Å². The zero-order valence-corrected chi connectivity index (χ0v) is 25.4. The monoisotopic (exact) mass is 582 g/mol. The lowest BCUT2D eigenvalue weighted by atomic mass is 9.96. The molecule has 2 fully saturated rings. The summed E-state index contributed by atoms with van der Waals surface area (Å²) in [6.07, 6.45) is 8.47. The van der Waals surface area contributed by atoms with Crippen LogP contribution in [0.4, 0.5) is 0 Å². The minimum atomic E-state index is -0.277. The summed E-state index contributed by atoms with van der Waals surface area (Å²) in [4.78, 5) is 25.6. The van der Waals surface area contributed by atoms with E-state index in [0.29, 0.717) is 23.3 Å². The first kappa shape index (κ1) is 31.6. The van der Waals surface area contributed by atoms with Crippen molar-refractivity contribution in [2.75, 3.05) is 24.7 Å². The van der Waals surface area contributed by atoms with Crippen molar-refractivity contribution in [3.63, 3.8) is 0 Å². The molecule has 0 aromatic heterocycles. The van der Waals surface area contributed by atoms with Gasteiger partial charge in [0.05, 0.1) is 23.3 Å². The van der Waals surface area contributed by atoms with Crippen LogP contribution >= 0.6 is 11.8 Å². The third-order valence-electron chi connectivity index (χ3n) is 8.36. The summed E-state index contributed by atoms with van der Waals surface area (Å²) >= 11 is 1.87. The van der Waals surface area contributed by atoms with Crippen LogP contribution in [0.5, 0.6) is 0 Å². The van der Waals surface area contributed by atoms with Gasteiger partial charge in [-0.2, -0.15) is 11.8 Å². The Kier molecular flexibility index (Phi) is 13.0. The highest BCUT2D eigenvalue weighted by atomic mass is 32.2. The van der Waals surface area contributed by atoms with Crippen LogP contribution in [-0.4, -0.2) is 61.1 Å². The minimum absolute atomic E-state index is 0.206. The number of benzene rings is 2. The van der Waals surface area contributed by atoms with Crippen LogP contribution in [0.25, 0.3) is 0 Å². The van der Waals surface area contributed by atoms with Crippen molar-refractivity contribution < 1.29 is 28.5 Å². The quantitative estimate of drug-likeness (QED) is 0.192. The molecule has 0 bridgehead atoms. The first-order valence-electron chi connectivity index (χ1n) is 15.3. The van der Waals surface area contributed by atoms with Gasteiger partial charge in [-0.25, -0.2) is 9.59 Å². The van der Waals surface area contributed by atoms with E-state index in [1.54, 1.807) is 24.3 Å². The van der Waals surface area contributed by atoms with Crippen LogP contribution in [0.1, 0.15) is 85.9 Å². The minimum Gasteiger partial charge on any atom is -0.459 e. The summed E-state index contributed by atoms with van der Waals surface area (Å²) in [5.74, 6) is 1.59. The Morgan fingerprint density at radius 2 is 1.15 bits per heavy atom. The molecule has 6 atom stereocenters. The predicted molar refractivity (Wildman–Crippen MR) is 163 cm³/mol. The van der Waals surface area contributed by atoms with Gasteiger partial charge in [-0.3, -0.25) is 0 Å². The molecule has 6 unspecified atom stereocenters. The van der Waals surface area contributed by atoms with E-state index in [9.17, 15) is 9.59 Å².